The molecule has 0 aliphatic rings. The van der Waals surface area contributed by atoms with E-state index in [0.717, 1.165) is 4.90 Å². The Bertz CT molecular complexity index is 451. The van der Waals surface area contributed by atoms with Crippen molar-refractivity contribution in [2.45, 2.75) is 11.8 Å². The molecule has 0 aliphatic carbocycles. The van der Waals surface area contributed by atoms with Gasteiger partial charge in [-0.25, -0.2) is 4.79 Å². The number of hydrogen-bond acceptors (Lipinski definition) is 5. The molecule has 1 aromatic rings. The molecule has 1 amide bonds. The molecule has 0 aliphatic heterocycles. The maximum atomic E-state index is 11.8. The van der Waals surface area contributed by atoms with Crippen LogP contribution < -0.4 is 5.32 Å². The summed E-state index contributed by atoms with van der Waals surface area (Å²) in [5.41, 5.74) is 0.490. The van der Waals surface area contributed by atoms with Gasteiger partial charge in [0.05, 0.1) is 24.5 Å². The molecule has 0 aromatic heterocycles. The van der Waals surface area contributed by atoms with Gasteiger partial charge in [-0.05, 0) is 19.1 Å². The maximum Gasteiger partial charge on any atom is 0.339 e. The number of carbonyl (C=O) groups is 2. The summed E-state index contributed by atoms with van der Waals surface area (Å²) in [6, 6.07) is 7.10. The van der Waals surface area contributed by atoms with Crippen molar-refractivity contribution < 1.29 is 19.1 Å². The number of thioether (sulfide) groups is 1. The molecule has 0 spiro atoms. The van der Waals surface area contributed by atoms with Crippen molar-refractivity contribution in [2.75, 3.05) is 32.6 Å². The van der Waals surface area contributed by atoms with Gasteiger partial charge in [-0.1, -0.05) is 12.1 Å². The minimum atomic E-state index is -0.365. The highest BCUT2D eigenvalue weighted by Crippen LogP contribution is 2.23. The van der Waals surface area contributed by atoms with Gasteiger partial charge < -0.3 is 14.8 Å². The highest BCUT2D eigenvalue weighted by atomic mass is 32.2. The second-order valence-electron chi connectivity index (χ2n) is 3.85. The van der Waals surface area contributed by atoms with Crippen molar-refractivity contribution in [3.63, 3.8) is 0 Å². The minimum Gasteiger partial charge on any atom is -0.462 e. The largest absolute Gasteiger partial charge is 0.462 e. The number of ether oxygens (including phenoxy) is 2. The van der Waals surface area contributed by atoms with Gasteiger partial charge in [-0.3, -0.25) is 4.79 Å². The molecule has 0 bridgehead atoms. The first-order chi connectivity index (χ1) is 9.69. The summed E-state index contributed by atoms with van der Waals surface area (Å²) in [7, 11) is 1.58. The van der Waals surface area contributed by atoms with E-state index in [-0.39, 0.29) is 17.6 Å². The third-order valence-electron chi connectivity index (χ3n) is 2.37. The summed E-state index contributed by atoms with van der Waals surface area (Å²) in [5.74, 6) is -0.207. The van der Waals surface area contributed by atoms with Crippen LogP contribution in [-0.4, -0.2) is 44.5 Å². The van der Waals surface area contributed by atoms with Gasteiger partial charge in [0.1, 0.15) is 0 Å². The Labute approximate surface area is 123 Å². The maximum absolute atomic E-state index is 11.8. The number of hydrogen-bond donors (Lipinski definition) is 1. The predicted molar refractivity (Wildman–Crippen MR) is 78.0 cm³/mol. The second kappa shape index (κ2) is 9.39. The Hall–Kier alpha value is -1.53. The van der Waals surface area contributed by atoms with E-state index in [4.69, 9.17) is 9.47 Å². The Balaban J connectivity index is 2.55. The van der Waals surface area contributed by atoms with Crippen molar-refractivity contribution in [1.82, 2.24) is 5.32 Å². The number of methoxy groups -OCH3 is 1. The minimum absolute atomic E-state index is 0.0919. The summed E-state index contributed by atoms with van der Waals surface area (Å²) < 4.78 is 9.84. The molecule has 1 aromatic carbocycles. The SMILES string of the molecule is CCOC(=O)c1ccccc1SCC(=O)NCCOC. The van der Waals surface area contributed by atoms with E-state index >= 15 is 0 Å². The average Bonchev–Trinajstić information content (AvgIpc) is 2.46. The first-order valence-electron chi connectivity index (χ1n) is 6.33. The lowest BCUT2D eigenvalue weighted by atomic mass is 10.2. The van der Waals surface area contributed by atoms with Crippen molar-refractivity contribution in [2.24, 2.45) is 0 Å². The second-order valence-corrected chi connectivity index (χ2v) is 4.87. The molecule has 0 unspecified atom stereocenters. The zero-order chi connectivity index (χ0) is 14.8. The molecular weight excluding hydrogens is 278 g/mol. The molecule has 110 valence electrons. The summed E-state index contributed by atoms with van der Waals surface area (Å²) >= 11 is 1.31. The van der Waals surface area contributed by atoms with Gasteiger partial charge in [-0.15, -0.1) is 11.8 Å². The van der Waals surface area contributed by atoms with Crippen LogP contribution in [0.1, 0.15) is 17.3 Å². The standard InChI is InChI=1S/C14H19NO4S/c1-3-19-14(17)11-6-4-5-7-12(11)20-10-13(16)15-8-9-18-2/h4-7H,3,8-10H2,1-2H3,(H,15,16). The summed E-state index contributed by atoms with van der Waals surface area (Å²) in [5, 5.41) is 2.73. The van der Waals surface area contributed by atoms with Crippen LogP contribution >= 0.6 is 11.8 Å². The smallest absolute Gasteiger partial charge is 0.339 e. The van der Waals surface area contributed by atoms with Gasteiger partial charge in [0.25, 0.3) is 0 Å². The summed E-state index contributed by atoms with van der Waals surface area (Å²) in [4.78, 5) is 24.1. The fourth-order valence-electron chi connectivity index (χ4n) is 1.46. The lowest BCUT2D eigenvalue weighted by molar-refractivity contribution is -0.118. The monoisotopic (exact) mass is 297 g/mol. The topological polar surface area (TPSA) is 64.6 Å². The summed E-state index contributed by atoms with van der Waals surface area (Å²) in [6.45, 7) is 3.05. The van der Waals surface area contributed by atoms with Gasteiger partial charge in [-0.2, -0.15) is 0 Å². The quantitative estimate of drug-likeness (QED) is 0.449. The zero-order valence-electron chi connectivity index (χ0n) is 11.7. The van der Waals surface area contributed by atoms with E-state index in [9.17, 15) is 9.59 Å². The highest BCUT2D eigenvalue weighted by Gasteiger charge is 2.13. The zero-order valence-corrected chi connectivity index (χ0v) is 12.5. The van der Waals surface area contributed by atoms with Crippen LogP contribution in [0.5, 0.6) is 0 Å². The van der Waals surface area contributed by atoms with E-state index in [1.165, 1.54) is 11.8 Å². The molecule has 0 fully saturated rings. The third-order valence-corrected chi connectivity index (χ3v) is 3.44. The molecule has 0 saturated heterocycles. The fraction of sp³-hybridized carbons (Fsp3) is 0.429. The molecule has 1 N–H and O–H groups in total. The van der Waals surface area contributed by atoms with E-state index in [2.05, 4.69) is 5.32 Å². The predicted octanol–water partition coefficient (Wildman–Crippen LogP) is 1.72. The van der Waals surface area contributed by atoms with Gasteiger partial charge >= 0.3 is 5.97 Å². The van der Waals surface area contributed by atoms with Crippen molar-refractivity contribution in [3.8, 4) is 0 Å². The normalized spacial score (nSPS) is 10.1. The first-order valence-corrected chi connectivity index (χ1v) is 7.32. The van der Waals surface area contributed by atoms with Crippen LogP contribution in [0.25, 0.3) is 0 Å². The Morgan fingerprint density at radius 2 is 2.05 bits per heavy atom. The van der Waals surface area contributed by atoms with Gasteiger partial charge in [0.2, 0.25) is 5.91 Å². The van der Waals surface area contributed by atoms with Crippen LogP contribution in [-0.2, 0) is 14.3 Å². The van der Waals surface area contributed by atoms with Crippen LogP contribution in [0.3, 0.4) is 0 Å². The Morgan fingerprint density at radius 3 is 2.75 bits per heavy atom. The van der Waals surface area contributed by atoms with Crippen LogP contribution in [0.4, 0.5) is 0 Å². The number of benzene rings is 1. The first kappa shape index (κ1) is 16.5. The van der Waals surface area contributed by atoms with E-state index in [0.29, 0.717) is 25.3 Å². The van der Waals surface area contributed by atoms with Crippen LogP contribution in [0.15, 0.2) is 29.2 Å². The van der Waals surface area contributed by atoms with Crippen LogP contribution in [0.2, 0.25) is 0 Å². The van der Waals surface area contributed by atoms with E-state index in [1.54, 1.807) is 32.2 Å². The third kappa shape index (κ3) is 5.63. The molecule has 5 nitrogen and oxygen atoms in total. The number of amides is 1. The van der Waals surface area contributed by atoms with E-state index in [1.807, 2.05) is 6.07 Å². The average molecular weight is 297 g/mol. The number of nitrogens with one attached hydrogen (secondary N) is 1. The van der Waals surface area contributed by atoms with Crippen molar-refractivity contribution >= 4 is 23.6 Å². The summed E-state index contributed by atoms with van der Waals surface area (Å²) in [6.07, 6.45) is 0. The lowest BCUT2D eigenvalue weighted by Gasteiger charge is -2.08. The molecule has 0 radical (unpaired) electrons. The Kier molecular flexibility index (Phi) is 7.75. The highest BCUT2D eigenvalue weighted by molar-refractivity contribution is 8.00. The molecule has 0 saturated carbocycles. The molecule has 1 rings (SSSR count). The van der Waals surface area contributed by atoms with Gasteiger partial charge in [0.15, 0.2) is 0 Å². The fourth-order valence-corrected chi connectivity index (χ4v) is 2.33. The molecule has 0 heterocycles. The number of carbonyl (C=O) groups excluding carboxylic acids is 2. The van der Waals surface area contributed by atoms with Crippen molar-refractivity contribution in [1.29, 1.82) is 0 Å². The molecule has 0 atom stereocenters. The van der Waals surface area contributed by atoms with E-state index < -0.39 is 0 Å². The molecule has 20 heavy (non-hydrogen) atoms. The van der Waals surface area contributed by atoms with Crippen LogP contribution in [0, 0.1) is 0 Å². The number of rotatable bonds is 8. The van der Waals surface area contributed by atoms with Gasteiger partial charge in [0, 0.05) is 18.6 Å². The molecule has 6 heteroatoms. The Morgan fingerprint density at radius 1 is 1.30 bits per heavy atom. The van der Waals surface area contributed by atoms with Crippen molar-refractivity contribution in [3.05, 3.63) is 29.8 Å². The number of esters is 1. The molecular formula is C14H19NO4S. The lowest BCUT2D eigenvalue weighted by Crippen LogP contribution is -2.28.